The first kappa shape index (κ1) is 15.4. The third-order valence-electron chi connectivity index (χ3n) is 3.61. The van der Waals surface area contributed by atoms with Gasteiger partial charge in [-0.1, -0.05) is 13.8 Å². The van der Waals surface area contributed by atoms with Crippen molar-refractivity contribution >= 4 is 5.97 Å². The third kappa shape index (κ3) is 5.36. The first-order valence-electron chi connectivity index (χ1n) is 7.27. The van der Waals surface area contributed by atoms with Crippen LogP contribution in [0.2, 0.25) is 0 Å². The lowest BCUT2D eigenvalue weighted by Gasteiger charge is -2.33. The Kier molecular flexibility index (Phi) is 7.28. The number of carbonyl (C=O) groups excluding carboxylic acids is 1. The van der Waals surface area contributed by atoms with Crippen molar-refractivity contribution in [3.8, 4) is 0 Å². The minimum Gasteiger partial charge on any atom is -0.466 e. The molecule has 18 heavy (non-hydrogen) atoms. The maximum absolute atomic E-state index is 11.6. The van der Waals surface area contributed by atoms with E-state index in [-0.39, 0.29) is 11.9 Å². The summed E-state index contributed by atoms with van der Waals surface area (Å²) in [7, 11) is 0. The van der Waals surface area contributed by atoms with Crippen LogP contribution in [0.4, 0.5) is 0 Å². The van der Waals surface area contributed by atoms with E-state index < -0.39 is 0 Å². The molecule has 0 aromatic rings. The molecule has 0 amide bonds. The van der Waals surface area contributed by atoms with Crippen molar-refractivity contribution in [1.29, 1.82) is 0 Å². The van der Waals surface area contributed by atoms with Crippen molar-refractivity contribution in [1.82, 2.24) is 10.2 Å². The Bertz CT molecular complexity index is 238. The molecule has 0 aliphatic carbocycles. The summed E-state index contributed by atoms with van der Waals surface area (Å²) >= 11 is 0. The second kappa shape index (κ2) is 8.48. The summed E-state index contributed by atoms with van der Waals surface area (Å²) < 4.78 is 5.04. The van der Waals surface area contributed by atoms with Crippen molar-refractivity contribution < 1.29 is 9.53 Å². The van der Waals surface area contributed by atoms with Gasteiger partial charge in [0.05, 0.1) is 12.5 Å². The first-order valence-corrected chi connectivity index (χ1v) is 7.27. The average Bonchev–Trinajstić information content (AvgIpc) is 2.38. The summed E-state index contributed by atoms with van der Waals surface area (Å²) in [6, 6.07) is 0. The number of esters is 1. The van der Waals surface area contributed by atoms with Gasteiger partial charge in [0.25, 0.3) is 0 Å². The predicted molar refractivity (Wildman–Crippen MR) is 73.5 cm³/mol. The number of hydrogen-bond donors (Lipinski definition) is 1. The predicted octanol–water partition coefficient (Wildman–Crippen LogP) is 1.51. The molecule has 1 atom stereocenters. The van der Waals surface area contributed by atoms with Crippen LogP contribution in [-0.4, -0.2) is 50.2 Å². The number of piperidine rings is 1. The van der Waals surface area contributed by atoms with E-state index in [1.165, 1.54) is 12.8 Å². The minimum absolute atomic E-state index is 0.00438. The molecule has 1 aliphatic rings. The molecule has 106 valence electrons. The lowest BCUT2D eigenvalue weighted by molar-refractivity contribution is -0.148. The van der Waals surface area contributed by atoms with Crippen LogP contribution in [0.3, 0.4) is 0 Å². The smallest absolute Gasteiger partial charge is 0.309 e. The van der Waals surface area contributed by atoms with Gasteiger partial charge in [-0.25, -0.2) is 0 Å². The summed E-state index contributed by atoms with van der Waals surface area (Å²) in [6.07, 6.45) is 2.48. The van der Waals surface area contributed by atoms with E-state index in [0.29, 0.717) is 6.61 Å². The zero-order chi connectivity index (χ0) is 13.4. The fraction of sp³-hybridized carbons (Fsp3) is 0.929. The Morgan fingerprint density at radius 2 is 2.06 bits per heavy atom. The highest BCUT2D eigenvalue weighted by Gasteiger charge is 2.23. The van der Waals surface area contributed by atoms with Crippen LogP contribution < -0.4 is 5.32 Å². The monoisotopic (exact) mass is 256 g/mol. The minimum atomic E-state index is -0.0627. The van der Waals surface area contributed by atoms with Gasteiger partial charge >= 0.3 is 5.97 Å². The van der Waals surface area contributed by atoms with Crippen LogP contribution in [0, 0.1) is 11.8 Å². The van der Waals surface area contributed by atoms with E-state index in [1.54, 1.807) is 0 Å². The zero-order valence-corrected chi connectivity index (χ0v) is 12.1. The van der Waals surface area contributed by atoms with E-state index in [4.69, 9.17) is 4.74 Å². The van der Waals surface area contributed by atoms with Gasteiger partial charge in [-0.3, -0.25) is 4.79 Å². The fourth-order valence-corrected chi connectivity index (χ4v) is 2.47. The lowest BCUT2D eigenvalue weighted by atomic mass is 9.96. The van der Waals surface area contributed by atoms with Crippen LogP contribution in [0.25, 0.3) is 0 Å². The van der Waals surface area contributed by atoms with Crippen molar-refractivity contribution in [2.24, 2.45) is 11.8 Å². The maximum atomic E-state index is 11.6. The second-order valence-electron chi connectivity index (χ2n) is 5.20. The fourth-order valence-electron chi connectivity index (χ4n) is 2.47. The number of nitrogens with one attached hydrogen (secondary N) is 1. The molecular weight excluding hydrogens is 228 g/mol. The van der Waals surface area contributed by atoms with Crippen LogP contribution in [-0.2, 0) is 9.53 Å². The van der Waals surface area contributed by atoms with Crippen LogP contribution in [0.15, 0.2) is 0 Å². The molecule has 1 saturated heterocycles. The molecule has 0 bridgehead atoms. The van der Waals surface area contributed by atoms with Crippen LogP contribution >= 0.6 is 0 Å². The van der Waals surface area contributed by atoms with E-state index in [0.717, 1.165) is 38.6 Å². The van der Waals surface area contributed by atoms with Gasteiger partial charge in [-0.2, -0.15) is 0 Å². The molecule has 0 spiro atoms. The van der Waals surface area contributed by atoms with E-state index in [1.807, 2.05) is 13.8 Å². The Morgan fingerprint density at radius 3 is 2.61 bits per heavy atom. The highest BCUT2D eigenvalue weighted by atomic mass is 16.5. The summed E-state index contributed by atoms with van der Waals surface area (Å²) in [5.74, 6) is 0.738. The maximum Gasteiger partial charge on any atom is 0.309 e. The van der Waals surface area contributed by atoms with Gasteiger partial charge in [-0.05, 0) is 51.9 Å². The van der Waals surface area contributed by atoms with Gasteiger partial charge in [0.15, 0.2) is 0 Å². The van der Waals surface area contributed by atoms with Crippen molar-refractivity contribution in [3.05, 3.63) is 0 Å². The molecule has 1 rings (SSSR count). The third-order valence-corrected chi connectivity index (χ3v) is 3.61. The number of rotatable bonds is 7. The molecule has 0 radical (unpaired) electrons. The normalized spacial score (nSPS) is 19.7. The highest BCUT2D eigenvalue weighted by molar-refractivity contribution is 5.72. The first-order chi connectivity index (χ1) is 8.67. The Labute approximate surface area is 111 Å². The van der Waals surface area contributed by atoms with Crippen molar-refractivity contribution in [3.63, 3.8) is 0 Å². The SMILES string of the molecule is CCNCC1CCN(CC(C)C(=O)OCC)CC1. The van der Waals surface area contributed by atoms with Gasteiger partial charge in [-0.15, -0.1) is 0 Å². The number of carbonyl (C=O) groups is 1. The van der Waals surface area contributed by atoms with Gasteiger partial charge in [0, 0.05) is 6.54 Å². The van der Waals surface area contributed by atoms with E-state index in [9.17, 15) is 4.79 Å². The molecule has 1 aliphatic heterocycles. The number of ether oxygens (including phenoxy) is 1. The Balaban J connectivity index is 2.20. The van der Waals surface area contributed by atoms with E-state index >= 15 is 0 Å². The molecule has 1 fully saturated rings. The molecule has 0 aromatic heterocycles. The van der Waals surface area contributed by atoms with Crippen molar-refractivity contribution in [2.45, 2.75) is 33.6 Å². The summed E-state index contributed by atoms with van der Waals surface area (Å²) in [4.78, 5) is 14.0. The topological polar surface area (TPSA) is 41.6 Å². The second-order valence-corrected chi connectivity index (χ2v) is 5.20. The van der Waals surface area contributed by atoms with Gasteiger partial charge in [0.2, 0.25) is 0 Å². The summed E-state index contributed by atoms with van der Waals surface area (Å²) in [6.45, 7) is 11.7. The molecule has 1 N–H and O–H groups in total. The highest BCUT2D eigenvalue weighted by Crippen LogP contribution is 2.17. The molecule has 1 unspecified atom stereocenters. The van der Waals surface area contributed by atoms with E-state index in [2.05, 4.69) is 17.1 Å². The lowest BCUT2D eigenvalue weighted by Crippen LogP contribution is -2.40. The average molecular weight is 256 g/mol. The largest absolute Gasteiger partial charge is 0.466 e. The Hall–Kier alpha value is -0.610. The zero-order valence-electron chi connectivity index (χ0n) is 12.1. The summed E-state index contributed by atoms with van der Waals surface area (Å²) in [5, 5.41) is 3.42. The molecule has 1 heterocycles. The number of hydrogen-bond acceptors (Lipinski definition) is 4. The van der Waals surface area contributed by atoms with Gasteiger partial charge in [0.1, 0.15) is 0 Å². The summed E-state index contributed by atoms with van der Waals surface area (Å²) in [5.41, 5.74) is 0. The number of likely N-dealkylation sites (tertiary alicyclic amines) is 1. The quantitative estimate of drug-likeness (QED) is 0.701. The molecule has 4 heteroatoms. The standard InChI is InChI=1S/C14H28N2O2/c1-4-15-10-13-6-8-16(9-7-13)11-12(3)14(17)18-5-2/h12-13,15H,4-11H2,1-3H3. The molecule has 0 saturated carbocycles. The van der Waals surface area contributed by atoms with Crippen molar-refractivity contribution in [2.75, 3.05) is 39.3 Å². The Morgan fingerprint density at radius 1 is 1.39 bits per heavy atom. The van der Waals surface area contributed by atoms with Gasteiger partial charge < -0.3 is 15.0 Å². The van der Waals surface area contributed by atoms with Crippen LogP contribution in [0.5, 0.6) is 0 Å². The molecule has 4 nitrogen and oxygen atoms in total. The molecule has 0 aromatic carbocycles. The molecular formula is C14H28N2O2. The van der Waals surface area contributed by atoms with Crippen LogP contribution in [0.1, 0.15) is 33.6 Å². The number of nitrogens with zero attached hydrogens (tertiary/aromatic N) is 1.